The van der Waals surface area contributed by atoms with Crippen molar-refractivity contribution in [1.29, 1.82) is 0 Å². The third-order valence-electron chi connectivity index (χ3n) is 1.98. The Kier molecular flexibility index (Phi) is 4.91. The summed E-state index contributed by atoms with van der Waals surface area (Å²) in [5.41, 5.74) is 5.70. The summed E-state index contributed by atoms with van der Waals surface area (Å²) in [4.78, 5) is 15.4. The lowest BCUT2D eigenvalue weighted by Gasteiger charge is -2.12. The van der Waals surface area contributed by atoms with Gasteiger partial charge in [0.2, 0.25) is 0 Å². The number of carbonyl (C=O) groups is 1. The van der Waals surface area contributed by atoms with Gasteiger partial charge in [0.05, 0.1) is 18.8 Å². The van der Waals surface area contributed by atoms with Crippen LogP contribution in [0.25, 0.3) is 0 Å². The maximum atomic E-state index is 11.2. The lowest BCUT2D eigenvalue weighted by Crippen LogP contribution is -2.25. The van der Waals surface area contributed by atoms with Gasteiger partial charge < -0.3 is 10.5 Å². The minimum atomic E-state index is -0.537. The van der Waals surface area contributed by atoms with Crippen LogP contribution in [0.3, 0.4) is 0 Å². The SMILES string of the molecule is C=C(N)/C(=N\C(C)C(C)C)C(=O)OC. The first-order valence-corrected chi connectivity index (χ1v) is 4.51. The second-order valence-electron chi connectivity index (χ2n) is 3.48. The average Bonchev–Trinajstić information content (AvgIpc) is 2.11. The summed E-state index contributed by atoms with van der Waals surface area (Å²) < 4.78 is 4.54. The van der Waals surface area contributed by atoms with E-state index in [2.05, 4.69) is 16.3 Å². The summed E-state index contributed by atoms with van der Waals surface area (Å²) in [6, 6.07) is 0.0180. The van der Waals surface area contributed by atoms with E-state index in [1.54, 1.807) is 0 Å². The van der Waals surface area contributed by atoms with Gasteiger partial charge in [-0.15, -0.1) is 0 Å². The maximum Gasteiger partial charge on any atom is 0.358 e. The number of esters is 1. The molecule has 0 spiro atoms. The van der Waals surface area contributed by atoms with Crippen molar-refractivity contribution in [3.05, 3.63) is 12.3 Å². The monoisotopic (exact) mass is 198 g/mol. The Morgan fingerprint density at radius 2 is 1.93 bits per heavy atom. The zero-order valence-corrected chi connectivity index (χ0v) is 9.20. The van der Waals surface area contributed by atoms with Gasteiger partial charge in [0.15, 0.2) is 5.71 Å². The van der Waals surface area contributed by atoms with Gasteiger partial charge in [0.25, 0.3) is 0 Å². The molecule has 0 aliphatic heterocycles. The zero-order chi connectivity index (χ0) is 11.3. The Bertz CT molecular complexity index is 257. The Morgan fingerprint density at radius 3 is 2.21 bits per heavy atom. The van der Waals surface area contributed by atoms with Gasteiger partial charge in [-0.25, -0.2) is 4.79 Å². The minimum absolute atomic E-state index is 0.0180. The highest BCUT2D eigenvalue weighted by atomic mass is 16.5. The fraction of sp³-hybridized carbons (Fsp3) is 0.600. The van der Waals surface area contributed by atoms with Crippen LogP contribution in [0.4, 0.5) is 0 Å². The summed E-state index contributed by atoms with van der Waals surface area (Å²) in [7, 11) is 1.29. The van der Waals surface area contributed by atoms with Crippen molar-refractivity contribution in [2.24, 2.45) is 16.6 Å². The summed E-state index contributed by atoms with van der Waals surface area (Å²) in [6.07, 6.45) is 0. The Labute approximate surface area is 84.8 Å². The first-order chi connectivity index (χ1) is 6.40. The third-order valence-corrected chi connectivity index (χ3v) is 1.98. The Balaban J connectivity index is 4.82. The molecule has 0 rings (SSSR count). The van der Waals surface area contributed by atoms with Crippen LogP contribution in [0.15, 0.2) is 17.3 Å². The van der Waals surface area contributed by atoms with Crippen LogP contribution < -0.4 is 5.73 Å². The molecule has 0 aromatic rings. The fourth-order valence-corrected chi connectivity index (χ4v) is 0.716. The predicted molar refractivity (Wildman–Crippen MR) is 57.1 cm³/mol. The van der Waals surface area contributed by atoms with Crippen molar-refractivity contribution in [2.75, 3.05) is 7.11 Å². The molecule has 1 atom stereocenters. The molecule has 4 nitrogen and oxygen atoms in total. The number of ether oxygens (including phenoxy) is 1. The van der Waals surface area contributed by atoms with Gasteiger partial charge in [-0.1, -0.05) is 20.4 Å². The number of hydrogen-bond acceptors (Lipinski definition) is 4. The summed E-state index contributed by atoms with van der Waals surface area (Å²) in [5.74, 6) is -0.195. The molecule has 0 fully saturated rings. The summed E-state index contributed by atoms with van der Waals surface area (Å²) in [5, 5.41) is 0. The van der Waals surface area contributed by atoms with Crippen molar-refractivity contribution >= 4 is 11.7 Å². The number of methoxy groups -OCH3 is 1. The first kappa shape index (κ1) is 12.7. The van der Waals surface area contributed by atoms with Crippen LogP contribution in [-0.4, -0.2) is 24.8 Å². The molecule has 0 saturated heterocycles. The maximum absolute atomic E-state index is 11.2. The standard InChI is InChI=1S/C10H18N2O2/c1-6(2)8(4)12-9(7(3)11)10(13)14-5/h6,8H,3,11H2,1-2,4-5H3/b12-9+. The number of rotatable bonds is 4. The van der Waals surface area contributed by atoms with Crippen LogP contribution in [0, 0.1) is 5.92 Å². The third kappa shape index (κ3) is 3.60. The zero-order valence-electron chi connectivity index (χ0n) is 9.20. The summed E-state index contributed by atoms with van der Waals surface area (Å²) >= 11 is 0. The topological polar surface area (TPSA) is 64.7 Å². The molecular weight excluding hydrogens is 180 g/mol. The Hall–Kier alpha value is -1.32. The highest BCUT2D eigenvalue weighted by molar-refractivity contribution is 6.42. The lowest BCUT2D eigenvalue weighted by molar-refractivity contribution is -0.132. The molecule has 80 valence electrons. The van der Waals surface area contributed by atoms with Crippen molar-refractivity contribution in [1.82, 2.24) is 0 Å². The van der Waals surface area contributed by atoms with E-state index in [-0.39, 0.29) is 17.5 Å². The molecule has 0 aromatic heterocycles. The van der Waals surface area contributed by atoms with Gasteiger partial charge >= 0.3 is 5.97 Å². The molecule has 2 N–H and O–H groups in total. The van der Waals surface area contributed by atoms with Gasteiger partial charge in [0, 0.05) is 0 Å². The predicted octanol–water partition coefficient (Wildman–Crippen LogP) is 1.12. The van der Waals surface area contributed by atoms with E-state index in [9.17, 15) is 4.79 Å². The van der Waals surface area contributed by atoms with E-state index >= 15 is 0 Å². The largest absolute Gasteiger partial charge is 0.464 e. The quantitative estimate of drug-likeness (QED) is 0.543. The van der Waals surface area contributed by atoms with Crippen molar-refractivity contribution < 1.29 is 9.53 Å². The molecule has 4 heteroatoms. The number of hydrogen-bond donors (Lipinski definition) is 1. The van der Waals surface area contributed by atoms with Crippen LogP contribution in [-0.2, 0) is 9.53 Å². The van der Waals surface area contributed by atoms with Crippen molar-refractivity contribution in [3.8, 4) is 0 Å². The van der Waals surface area contributed by atoms with Crippen LogP contribution in [0.5, 0.6) is 0 Å². The average molecular weight is 198 g/mol. The normalized spacial score (nSPS) is 13.9. The van der Waals surface area contributed by atoms with Gasteiger partial charge in [-0.05, 0) is 12.8 Å². The second-order valence-corrected chi connectivity index (χ2v) is 3.48. The molecule has 0 amide bonds. The van der Waals surface area contributed by atoms with Crippen molar-refractivity contribution in [3.63, 3.8) is 0 Å². The molecule has 0 saturated carbocycles. The Morgan fingerprint density at radius 1 is 1.43 bits per heavy atom. The number of aliphatic imine (C=N–C) groups is 1. The van der Waals surface area contributed by atoms with E-state index < -0.39 is 5.97 Å². The summed E-state index contributed by atoms with van der Waals surface area (Å²) in [6.45, 7) is 9.43. The van der Waals surface area contributed by atoms with E-state index in [4.69, 9.17) is 5.73 Å². The minimum Gasteiger partial charge on any atom is -0.464 e. The van der Waals surface area contributed by atoms with Crippen LogP contribution in [0.1, 0.15) is 20.8 Å². The molecule has 0 radical (unpaired) electrons. The van der Waals surface area contributed by atoms with Gasteiger partial charge in [0.1, 0.15) is 0 Å². The van der Waals surface area contributed by atoms with E-state index in [0.29, 0.717) is 5.92 Å². The highest BCUT2D eigenvalue weighted by Gasteiger charge is 2.15. The molecule has 0 aliphatic rings. The molecule has 0 aliphatic carbocycles. The molecule has 0 aromatic carbocycles. The van der Waals surface area contributed by atoms with E-state index in [1.165, 1.54) is 7.11 Å². The first-order valence-electron chi connectivity index (χ1n) is 4.51. The lowest BCUT2D eigenvalue weighted by atomic mass is 10.1. The van der Waals surface area contributed by atoms with E-state index in [0.717, 1.165) is 0 Å². The molecule has 1 unspecified atom stereocenters. The van der Waals surface area contributed by atoms with Gasteiger partial charge in [-0.2, -0.15) is 0 Å². The molecule has 0 heterocycles. The fourth-order valence-electron chi connectivity index (χ4n) is 0.716. The van der Waals surface area contributed by atoms with E-state index in [1.807, 2.05) is 20.8 Å². The van der Waals surface area contributed by atoms with Crippen LogP contribution >= 0.6 is 0 Å². The number of nitrogens with two attached hydrogens (primary N) is 1. The molecule has 0 bridgehead atoms. The molecular formula is C10H18N2O2. The number of carbonyl (C=O) groups excluding carboxylic acids is 1. The van der Waals surface area contributed by atoms with Crippen molar-refractivity contribution in [2.45, 2.75) is 26.8 Å². The second kappa shape index (κ2) is 5.42. The highest BCUT2D eigenvalue weighted by Crippen LogP contribution is 2.06. The smallest absolute Gasteiger partial charge is 0.358 e. The number of nitrogens with zero attached hydrogens (tertiary/aromatic N) is 1. The van der Waals surface area contributed by atoms with Crippen LogP contribution in [0.2, 0.25) is 0 Å². The van der Waals surface area contributed by atoms with Gasteiger partial charge in [-0.3, -0.25) is 4.99 Å². The molecule has 14 heavy (non-hydrogen) atoms.